The fraction of sp³-hybridized carbons (Fsp3) is 0.400. The van der Waals surface area contributed by atoms with Gasteiger partial charge in [-0.3, -0.25) is 14.3 Å². The molecular weight excluding hydrogens is 580 g/mol. The van der Waals surface area contributed by atoms with Gasteiger partial charge in [-0.2, -0.15) is 5.10 Å². The van der Waals surface area contributed by atoms with Gasteiger partial charge in [-0.1, -0.05) is 32.0 Å². The number of aryl methyl sites for hydroxylation is 4. The molecule has 0 atom stereocenters. The molecule has 0 spiro atoms. The molecule has 3 heterocycles. The summed E-state index contributed by atoms with van der Waals surface area (Å²) in [4.78, 5) is 38.4. The maximum atomic E-state index is 13.7. The monoisotopic (exact) mass is 622 g/mol. The molecule has 2 aromatic heterocycles. The molecule has 240 valence electrons. The first kappa shape index (κ1) is 31.2. The van der Waals surface area contributed by atoms with Gasteiger partial charge in [0, 0.05) is 36.1 Å². The lowest BCUT2D eigenvalue weighted by molar-refractivity contribution is 0.0916. The number of nitrogens with zero attached hydrogens (tertiary/aromatic N) is 5. The van der Waals surface area contributed by atoms with Crippen molar-refractivity contribution in [2.24, 2.45) is 7.05 Å². The minimum Gasteiger partial charge on any atom is -0.495 e. The number of amides is 2. The predicted octanol–water partition coefficient (Wildman–Crippen LogP) is 4.93. The largest absolute Gasteiger partial charge is 0.495 e. The summed E-state index contributed by atoms with van der Waals surface area (Å²) < 4.78 is 7.39. The summed E-state index contributed by atoms with van der Waals surface area (Å²) in [6.07, 6.45) is 6.70. The fourth-order valence-electron chi connectivity index (χ4n) is 6.45. The van der Waals surface area contributed by atoms with Crippen molar-refractivity contribution < 1.29 is 14.3 Å². The number of aromatic nitrogens is 4. The number of rotatable bonds is 9. The van der Waals surface area contributed by atoms with Gasteiger partial charge in [-0.15, -0.1) is 0 Å². The number of benzene rings is 2. The molecule has 46 heavy (non-hydrogen) atoms. The fourth-order valence-corrected chi connectivity index (χ4v) is 6.45. The predicted molar refractivity (Wildman–Crippen MR) is 179 cm³/mol. The van der Waals surface area contributed by atoms with Crippen molar-refractivity contribution in [2.75, 3.05) is 37.9 Å². The van der Waals surface area contributed by atoms with Gasteiger partial charge in [0.15, 0.2) is 5.69 Å². The van der Waals surface area contributed by atoms with Crippen molar-refractivity contribution in [2.45, 2.75) is 58.4 Å². The van der Waals surface area contributed by atoms with Gasteiger partial charge in [0.2, 0.25) is 5.95 Å². The molecule has 1 aliphatic heterocycles. The van der Waals surface area contributed by atoms with E-state index in [0.29, 0.717) is 41.5 Å². The molecule has 1 fully saturated rings. The van der Waals surface area contributed by atoms with Crippen molar-refractivity contribution >= 4 is 29.1 Å². The Morgan fingerprint density at radius 3 is 2.43 bits per heavy atom. The number of likely N-dealkylation sites (tertiary alicyclic amines) is 1. The van der Waals surface area contributed by atoms with E-state index in [4.69, 9.17) is 9.72 Å². The molecule has 11 nitrogen and oxygen atoms in total. The van der Waals surface area contributed by atoms with Gasteiger partial charge in [0.25, 0.3) is 11.8 Å². The summed E-state index contributed by atoms with van der Waals surface area (Å²) in [7, 11) is 5.52. The molecule has 0 unspecified atom stereocenters. The molecule has 2 aromatic carbocycles. The number of methoxy groups -OCH3 is 1. The summed E-state index contributed by atoms with van der Waals surface area (Å²) in [5.41, 5.74) is 8.09. The Labute approximate surface area is 269 Å². The second-order valence-corrected chi connectivity index (χ2v) is 12.1. The van der Waals surface area contributed by atoms with E-state index in [2.05, 4.69) is 64.0 Å². The number of hydrogen-bond donors (Lipinski definition) is 3. The highest BCUT2D eigenvalue weighted by Gasteiger charge is 2.30. The first-order valence-corrected chi connectivity index (χ1v) is 16.1. The first-order valence-electron chi connectivity index (χ1n) is 16.1. The lowest BCUT2D eigenvalue weighted by atomic mass is 9.93. The molecule has 6 rings (SSSR count). The van der Waals surface area contributed by atoms with E-state index in [-0.39, 0.29) is 17.9 Å². The van der Waals surface area contributed by atoms with Crippen LogP contribution < -0.4 is 20.7 Å². The number of carbonyl (C=O) groups excluding carboxylic acids is 2. The molecule has 1 saturated heterocycles. The van der Waals surface area contributed by atoms with Crippen LogP contribution >= 0.6 is 0 Å². The zero-order chi connectivity index (χ0) is 32.4. The summed E-state index contributed by atoms with van der Waals surface area (Å²) in [6.45, 7) is 6.13. The summed E-state index contributed by atoms with van der Waals surface area (Å²) in [5.74, 6) is 0.562. The Kier molecular flexibility index (Phi) is 9.03. The Hall–Kier alpha value is -4.77. The molecule has 2 amide bonds. The van der Waals surface area contributed by atoms with Gasteiger partial charge in [-0.05, 0) is 93.6 Å². The maximum Gasteiger partial charge on any atom is 0.276 e. The van der Waals surface area contributed by atoms with E-state index in [1.54, 1.807) is 23.9 Å². The second-order valence-electron chi connectivity index (χ2n) is 12.1. The summed E-state index contributed by atoms with van der Waals surface area (Å²) in [5, 5.41) is 14.3. The average Bonchev–Trinajstić information content (AvgIpc) is 3.42. The highest BCUT2D eigenvalue weighted by atomic mass is 16.5. The number of piperidine rings is 1. The SMILES string of the molecule is CCc1cccc(CC)c1NC(=O)c1nn(C)c2c1CCc1cnc(Nc3ccc(C(=O)NC4CCN(C)CC4)cc3OC)nc1-2. The second kappa shape index (κ2) is 13.3. The first-order chi connectivity index (χ1) is 22.3. The summed E-state index contributed by atoms with van der Waals surface area (Å²) >= 11 is 0. The van der Waals surface area contributed by atoms with Crippen LogP contribution in [0.3, 0.4) is 0 Å². The number of ether oxygens (including phenoxy) is 1. The van der Waals surface area contributed by atoms with Gasteiger partial charge < -0.3 is 25.6 Å². The number of para-hydroxylation sites is 1. The van der Waals surface area contributed by atoms with Crippen molar-refractivity contribution in [3.63, 3.8) is 0 Å². The van der Waals surface area contributed by atoms with Crippen molar-refractivity contribution in [3.8, 4) is 17.1 Å². The number of fused-ring (bicyclic) bond motifs is 3. The zero-order valence-corrected chi connectivity index (χ0v) is 27.2. The van der Waals surface area contributed by atoms with Crippen LogP contribution in [-0.2, 0) is 32.7 Å². The van der Waals surface area contributed by atoms with Gasteiger partial charge in [-0.25, -0.2) is 9.97 Å². The minimum absolute atomic E-state index is 0.114. The number of anilines is 3. The Bertz CT molecular complexity index is 1750. The molecule has 0 bridgehead atoms. The molecule has 2 aliphatic rings. The third kappa shape index (κ3) is 6.19. The summed E-state index contributed by atoms with van der Waals surface area (Å²) in [6, 6.07) is 11.6. The van der Waals surface area contributed by atoms with E-state index in [9.17, 15) is 9.59 Å². The molecule has 3 N–H and O–H groups in total. The average molecular weight is 623 g/mol. The number of carbonyl (C=O) groups is 2. The van der Waals surface area contributed by atoms with Gasteiger partial charge >= 0.3 is 0 Å². The zero-order valence-electron chi connectivity index (χ0n) is 27.2. The van der Waals surface area contributed by atoms with E-state index < -0.39 is 0 Å². The molecule has 0 saturated carbocycles. The number of hydrogen-bond acceptors (Lipinski definition) is 8. The highest BCUT2D eigenvalue weighted by molar-refractivity contribution is 6.06. The highest BCUT2D eigenvalue weighted by Crippen LogP contribution is 2.36. The van der Waals surface area contributed by atoms with E-state index >= 15 is 0 Å². The molecule has 0 radical (unpaired) electrons. The van der Waals surface area contributed by atoms with Crippen LogP contribution in [0, 0.1) is 0 Å². The third-order valence-electron chi connectivity index (χ3n) is 9.09. The van der Waals surface area contributed by atoms with Crippen molar-refractivity contribution in [1.29, 1.82) is 0 Å². The van der Waals surface area contributed by atoms with E-state index in [0.717, 1.165) is 78.1 Å². The van der Waals surface area contributed by atoms with E-state index in [1.165, 1.54) is 0 Å². The normalized spacial score (nSPS) is 14.7. The standard InChI is InChI=1S/C35H42N8O3/c1-6-21-9-8-10-22(7-2)29(21)39-34(45)31-26-13-11-24-20-36-35(40-30(24)32(26)43(4)41-31)38-27-14-12-23(19-28(27)46-5)33(44)37-25-15-17-42(3)18-16-25/h8-10,12,14,19-20,25H,6-7,11,13,15-18H2,1-5H3,(H,37,44)(H,39,45)(H,36,38,40). The maximum absolute atomic E-state index is 13.7. The smallest absolute Gasteiger partial charge is 0.276 e. The Morgan fingerprint density at radius 1 is 1.00 bits per heavy atom. The van der Waals surface area contributed by atoms with Crippen LogP contribution in [0.25, 0.3) is 11.4 Å². The van der Waals surface area contributed by atoms with Gasteiger partial charge in [0.1, 0.15) is 5.75 Å². The van der Waals surface area contributed by atoms with E-state index in [1.807, 2.05) is 25.4 Å². The van der Waals surface area contributed by atoms with Crippen molar-refractivity contribution in [3.05, 3.63) is 76.1 Å². The van der Waals surface area contributed by atoms with Gasteiger partial charge in [0.05, 0.1) is 24.2 Å². The Morgan fingerprint density at radius 2 is 1.74 bits per heavy atom. The molecule has 4 aromatic rings. The molecule has 1 aliphatic carbocycles. The lowest BCUT2D eigenvalue weighted by Crippen LogP contribution is -2.43. The molecule has 11 heteroatoms. The van der Waals surface area contributed by atoms with Crippen LogP contribution in [0.15, 0.2) is 42.6 Å². The number of nitrogens with one attached hydrogen (secondary N) is 3. The lowest BCUT2D eigenvalue weighted by Gasteiger charge is -2.29. The quantitative estimate of drug-likeness (QED) is 0.240. The topological polar surface area (TPSA) is 126 Å². The van der Waals surface area contributed by atoms with Crippen LogP contribution in [0.1, 0.15) is 69.8 Å². The van der Waals surface area contributed by atoms with Crippen LogP contribution in [0.4, 0.5) is 17.3 Å². The molecular formula is C35H42N8O3. The minimum atomic E-state index is -0.215. The van der Waals surface area contributed by atoms with Crippen LogP contribution in [-0.4, -0.2) is 69.8 Å². The third-order valence-corrected chi connectivity index (χ3v) is 9.09. The van der Waals surface area contributed by atoms with Crippen molar-refractivity contribution in [1.82, 2.24) is 30.0 Å². The van der Waals surface area contributed by atoms with Crippen LogP contribution in [0.5, 0.6) is 5.75 Å². The van der Waals surface area contributed by atoms with Crippen LogP contribution in [0.2, 0.25) is 0 Å². The Balaban J connectivity index is 1.23.